The Morgan fingerprint density at radius 1 is 1.00 bits per heavy atom. The van der Waals surface area contributed by atoms with E-state index in [1.54, 1.807) is 0 Å². The topological polar surface area (TPSA) is 45.2 Å². The Kier molecular flexibility index (Phi) is 4.94. The fourth-order valence-electron chi connectivity index (χ4n) is 3.84. The van der Waals surface area contributed by atoms with E-state index in [-0.39, 0.29) is 5.41 Å². The maximum Gasteiger partial charge on any atom is 0.0594 e. The van der Waals surface area contributed by atoms with Crippen LogP contribution >= 0.6 is 0 Å². The van der Waals surface area contributed by atoms with E-state index in [4.69, 9.17) is 9.47 Å². The lowest BCUT2D eigenvalue weighted by Gasteiger charge is -2.39. The van der Waals surface area contributed by atoms with Crippen LogP contribution < -0.4 is 0 Å². The number of hydrogen-bond donors (Lipinski definition) is 1. The highest BCUT2D eigenvalue weighted by atomic mass is 16.5. The second-order valence-corrected chi connectivity index (χ2v) is 6.60. The number of rotatable bonds is 4. The normalized spacial score (nSPS) is 32.5. The van der Waals surface area contributed by atoms with Crippen molar-refractivity contribution in [3.05, 3.63) is 0 Å². The average Bonchev–Trinajstić information content (AvgIpc) is 2.97. The van der Waals surface area contributed by atoms with E-state index in [0.29, 0.717) is 12.6 Å². The molecule has 0 amide bonds. The number of ether oxygens (including phenoxy) is 2. The Morgan fingerprint density at radius 2 is 1.70 bits per heavy atom. The van der Waals surface area contributed by atoms with Crippen molar-refractivity contribution in [2.45, 2.75) is 25.3 Å². The van der Waals surface area contributed by atoms with Crippen LogP contribution in [0.25, 0.3) is 0 Å². The molecule has 0 aromatic carbocycles. The van der Waals surface area contributed by atoms with Crippen molar-refractivity contribution in [3.63, 3.8) is 0 Å². The third kappa shape index (κ3) is 3.34. The molecule has 3 rings (SSSR count). The van der Waals surface area contributed by atoms with Crippen LogP contribution in [0.1, 0.15) is 19.3 Å². The van der Waals surface area contributed by atoms with Crippen molar-refractivity contribution < 1.29 is 14.6 Å². The highest BCUT2D eigenvalue weighted by Gasteiger charge is 2.37. The number of nitrogens with zero attached hydrogens (tertiary/aromatic N) is 2. The van der Waals surface area contributed by atoms with E-state index in [1.807, 2.05) is 0 Å². The van der Waals surface area contributed by atoms with Gasteiger partial charge in [0.15, 0.2) is 0 Å². The number of aliphatic hydroxyl groups excluding tert-OH is 1. The van der Waals surface area contributed by atoms with Crippen molar-refractivity contribution in [3.8, 4) is 0 Å². The Labute approximate surface area is 121 Å². The molecule has 0 spiro atoms. The van der Waals surface area contributed by atoms with Crippen LogP contribution in [0.15, 0.2) is 0 Å². The van der Waals surface area contributed by atoms with E-state index in [2.05, 4.69) is 9.80 Å². The number of hydrogen-bond acceptors (Lipinski definition) is 5. The largest absolute Gasteiger partial charge is 0.396 e. The molecule has 3 fully saturated rings. The first kappa shape index (κ1) is 14.7. The van der Waals surface area contributed by atoms with Gasteiger partial charge in [0.1, 0.15) is 0 Å². The quantitative estimate of drug-likeness (QED) is 0.798. The van der Waals surface area contributed by atoms with E-state index in [0.717, 1.165) is 65.4 Å². The van der Waals surface area contributed by atoms with Crippen LogP contribution in [-0.2, 0) is 9.47 Å². The van der Waals surface area contributed by atoms with Gasteiger partial charge in [-0.1, -0.05) is 0 Å². The fraction of sp³-hybridized carbons (Fsp3) is 1.00. The summed E-state index contributed by atoms with van der Waals surface area (Å²) in [7, 11) is 0. The van der Waals surface area contributed by atoms with Gasteiger partial charge < -0.3 is 19.5 Å². The van der Waals surface area contributed by atoms with Gasteiger partial charge in [0.2, 0.25) is 0 Å². The fourth-order valence-corrected chi connectivity index (χ4v) is 3.84. The molecule has 3 heterocycles. The van der Waals surface area contributed by atoms with Crippen LogP contribution in [-0.4, -0.2) is 86.7 Å². The molecule has 1 atom stereocenters. The molecule has 0 bridgehead atoms. The number of likely N-dealkylation sites (tertiary alicyclic amines) is 1. The van der Waals surface area contributed by atoms with E-state index in [1.165, 1.54) is 13.0 Å². The summed E-state index contributed by atoms with van der Waals surface area (Å²) in [5.74, 6) is 0. The highest BCUT2D eigenvalue weighted by Crippen LogP contribution is 2.32. The predicted octanol–water partition coefficient (Wildman–Crippen LogP) is 0.182. The molecule has 20 heavy (non-hydrogen) atoms. The van der Waals surface area contributed by atoms with E-state index < -0.39 is 0 Å². The van der Waals surface area contributed by atoms with Gasteiger partial charge in [0.05, 0.1) is 19.8 Å². The summed E-state index contributed by atoms with van der Waals surface area (Å²) in [5.41, 5.74) is 0.0815. The zero-order valence-electron chi connectivity index (χ0n) is 12.4. The zero-order chi connectivity index (χ0) is 13.8. The van der Waals surface area contributed by atoms with E-state index >= 15 is 0 Å². The first-order valence-corrected chi connectivity index (χ1v) is 8.04. The molecular weight excluding hydrogens is 256 g/mol. The van der Waals surface area contributed by atoms with Crippen LogP contribution in [0.4, 0.5) is 0 Å². The van der Waals surface area contributed by atoms with Gasteiger partial charge in [-0.25, -0.2) is 0 Å². The Hall–Kier alpha value is -0.200. The van der Waals surface area contributed by atoms with Crippen LogP contribution in [0.2, 0.25) is 0 Å². The Morgan fingerprint density at radius 3 is 2.40 bits per heavy atom. The lowest BCUT2D eigenvalue weighted by Crippen LogP contribution is -2.47. The molecule has 5 heteroatoms. The van der Waals surface area contributed by atoms with Crippen molar-refractivity contribution in [2.24, 2.45) is 5.41 Å². The maximum atomic E-state index is 9.81. The molecule has 3 aliphatic heterocycles. The molecule has 0 aromatic heterocycles. The molecule has 3 saturated heterocycles. The van der Waals surface area contributed by atoms with Crippen LogP contribution in [0, 0.1) is 5.41 Å². The van der Waals surface area contributed by atoms with Crippen molar-refractivity contribution in [1.29, 1.82) is 0 Å². The molecule has 0 saturated carbocycles. The molecule has 0 radical (unpaired) electrons. The Bertz CT molecular complexity index is 301. The number of morpholine rings is 1. The van der Waals surface area contributed by atoms with Gasteiger partial charge in [-0.2, -0.15) is 0 Å². The predicted molar refractivity (Wildman–Crippen MR) is 76.8 cm³/mol. The first-order valence-electron chi connectivity index (χ1n) is 8.04. The summed E-state index contributed by atoms with van der Waals surface area (Å²) in [5, 5.41) is 9.81. The summed E-state index contributed by atoms with van der Waals surface area (Å²) in [4.78, 5) is 5.14. The molecule has 1 N–H and O–H groups in total. The molecule has 0 aromatic rings. The summed E-state index contributed by atoms with van der Waals surface area (Å²) < 4.78 is 10.9. The van der Waals surface area contributed by atoms with E-state index in [9.17, 15) is 5.11 Å². The van der Waals surface area contributed by atoms with Gasteiger partial charge in [-0.15, -0.1) is 0 Å². The van der Waals surface area contributed by atoms with Crippen molar-refractivity contribution in [1.82, 2.24) is 9.80 Å². The van der Waals surface area contributed by atoms with Gasteiger partial charge in [-0.05, 0) is 25.8 Å². The smallest absolute Gasteiger partial charge is 0.0594 e. The summed E-state index contributed by atoms with van der Waals surface area (Å²) in [6.07, 6.45) is 3.27. The molecule has 3 aliphatic rings. The summed E-state index contributed by atoms with van der Waals surface area (Å²) >= 11 is 0. The summed E-state index contributed by atoms with van der Waals surface area (Å²) in [6.45, 7) is 9.20. The highest BCUT2D eigenvalue weighted by molar-refractivity contribution is 4.90. The van der Waals surface area contributed by atoms with Crippen molar-refractivity contribution >= 4 is 0 Å². The lowest BCUT2D eigenvalue weighted by atomic mass is 9.80. The van der Waals surface area contributed by atoms with Crippen molar-refractivity contribution in [2.75, 3.05) is 65.8 Å². The molecule has 0 aliphatic carbocycles. The van der Waals surface area contributed by atoms with Gasteiger partial charge >= 0.3 is 0 Å². The first-order chi connectivity index (χ1) is 9.81. The lowest BCUT2D eigenvalue weighted by molar-refractivity contribution is -0.0330. The van der Waals surface area contributed by atoms with Crippen LogP contribution in [0.5, 0.6) is 0 Å². The Balaban J connectivity index is 1.51. The monoisotopic (exact) mass is 284 g/mol. The average molecular weight is 284 g/mol. The minimum Gasteiger partial charge on any atom is -0.396 e. The second kappa shape index (κ2) is 6.71. The molecule has 116 valence electrons. The third-order valence-electron chi connectivity index (χ3n) is 5.26. The standard InChI is InChI=1S/C15H28N2O3/c18-13-15(2-7-19-8-3-15)12-16-4-1-14(11-16)17-5-9-20-10-6-17/h14,18H,1-13H2. The second-order valence-electron chi connectivity index (χ2n) is 6.60. The SMILES string of the molecule is OCC1(CN2CCC(N3CCOCC3)C2)CCOCC1. The van der Waals surface area contributed by atoms with Crippen LogP contribution in [0.3, 0.4) is 0 Å². The molecule has 5 nitrogen and oxygen atoms in total. The molecular formula is C15H28N2O3. The van der Waals surface area contributed by atoms with Gasteiger partial charge in [0.25, 0.3) is 0 Å². The van der Waals surface area contributed by atoms with Gasteiger partial charge in [-0.3, -0.25) is 4.90 Å². The minimum absolute atomic E-state index is 0.0815. The van der Waals surface area contributed by atoms with Gasteiger partial charge in [0, 0.05) is 50.8 Å². The third-order valence-corrected chi connectivity index (χ3v) is 5.26. The summed E-state index contributed by atoms with van der Waals surface area (Å²) in [6, 6.07) is 0.689. The minimum atomic E-state index is 0.0815. The zero-order valence-corrected chi connectivity index (χ0v) is 12.4. The molecule has 1 unspecified atom stereocenters. The maximum absolute atomic E-state index is 9.81. The number of aliphatic hydroxyl groups is 1.